The molecule has 0 aromatic heterocycles. The number of amides is 3. The summed E-state index contributed by atoms with van der Waals surface area (Å²) < 4.78 is 0. The van der Waals surface area contributed by atoms with Crippen molar-refractivity contribution in [2.24, 2.45) is 11.7 Å². The molecule has 11 nitrogen and oxygen atoms in total. The maximum absolute atomic E-state index is 12.5. The standard InChI is InChI=1S/C20H30N4O7/c1-11(2)7-14(22-17(27)9-21)18(28)24-16(10-25)19(29)23-15(20(30)31)8-12-3-5-13(26)6-4-12/h3-6,11,14-16,25-26H,7-10,21H2,1-2H3,(H,22,27)(H,23,29)(H,24,28)(H,30,31). The summed E-state index contributed by atoms with van der Waals surface area (Å²) in [5, 5.41) is 35.4. The minimum atomic E-state index is -1.42. The number of nitrogens with one attached hydrogen (secondary N) is 3. The molecule has 0 heterocycles. The number of nitrogens with two attached hydrogens (primary N) is 1. The van der Waals surface area contributed by atoms with Crippen LogP contribution in [0.1, 0.15) is 25.8 Å². The fourth-order valence-corrected chi connectivity index (χ4v) is 2.76. The van der Waals surface area contributed by atoms with Crippen LogP contribution in [0.3, 0.4) is 0 Å². The SMILES string of the molecule is CC(C)CC(NC(=O)CN)C(=O)NC(CO)C(=O)NC(Cc1ccc(O)cc1)C(=O)O. The van der Waals surface area contributed by atoms with Crippen LogP contribution in [0, 0.1) is 5.92 Å². The van der Waals surface area contributed by atoms with Gasteiger partial charge in [0.15, 0.2) is 0 Å². The quantitative estimate of drug-likeness (QED) is 0.204. The lowest BCUT2D eigenvalue weighted by molar-refractivity contribution is -0.142. The number of carbonyl (C=O) groups is 4. The number of aliphatic hydroxyl groups is 1. The molecule has 31 heavy (non-hydrogen) atoms. The van der Waals surface area contributed by atoms with E-state index in [0.29, 0.717) is 5.56 Å². The van der Waals surface area contributed by atoms with Crippen molar-refractivity contribution in [1.29, 1.82) is 0 Å². The Bertz CT molecular complexity index is 767. The van der Waals surface area contributed by atoms with E-state index in [2.05, 4.69) is 16.0 Å². The lowest BCUT2D eigenvalue weighted by atomic mass is 10.0. The molecule has 1 rings (SSSR count). The van der Waals surface area contributed by atoms with Crippen LogP contribution in [0.5, 0.6) is 5.75 Å². The minimum absolute atomic E-state index is 0.0143. The van der Waals surface area contributed by atoms with Crippen LogP contribution in [-0.4, -0.2) is 70.3 Å². The fourth-order valence-electron chi connectivity index (χ4n) is 2.76. The number of hydrogen-bond acceptors (Lipinski definition) is 7. The Morgan fingerprint density at radius 3 is 1.97 bits per heavy atom. The van der Waals surface area contributed by atoms with Crippen LogP contribution in [0.25, 0.3) is 0 Å². The third-order valence-electron chi connectivity index (χ3n) is 4.35. The van der Waals surface area contributed by atoms with E-state index in [1.54, 1.807) is 0 Å². The third kappa shape index (κ3) is 9.01. The molecule has 0 aliphatic heterocycles. The predicted molar refractivity (Wildman–Crippen MR) is 111 cm³/mol. The fraction of sp³-hybridized carbons (Fsp3) is 0.500. The molecule has 172 valence electrons. The van der Waals surface area contributed by atoms with E-state index in [1.807, 2.05) is 13.8 Å². The molecule has 8 N–H and O–H groups in total. The molecule has 3 amide bonds. The molecule has 0 aliphatic rings. The zero-order chi connectivity index (χ0) is 23.6. The van der Waals surface area contributed by atoms with E-state index in [0.717, 1.165) is 0 Å². The van der Waals surface area contributed by atoms with Gasteiger partial charge in [-0.25, -0.2) is 4.79 Å². The van der Waals surface area contributed by atoms with Gasteiger partial charge in [0, 0.05) is 6.42 Å². The van der Waals surface area contributed by atoms with Gasteiger partial charge in [-0.15, -0.1) is 0 Å². The number of phenolic OH excluding ortho intramolecular Hbond substituents is 1. The lowest BCUT2D eigenvalue weighted by Crippen LogP contribution is -2.57. The summed E-state index contributed by atoms with van der Waals surface area (Å²) in [4.78, 5) is 48.2. The van der Waals surface area contributed by atoms with E-state index >= 15 is 0 Å². The summed E-state index contributed by atoms with van der Waals surface area (Å²) in [7, 11) is 0. The number of hydrogen-bond donors (Lipinski definition) is 7. The molecule has 0 aliphatic carbocycles. The molecule has 0 saturated carbocycles. The van der Waals surface area contributed by atoms with Gasteiger partial charge in [0.2, 0.25) is 17.7 Å². The smallest absolute Gasteiger partial charge is 0.326 e. The molecule has 3 unspecified atom stereocenters. The Morgan fingerprint density at radius 2 is 1.48 bits per heavy atom. The second-order valence-electron chi connectivity index (χ2n) is 7.47. The van der Waals surface area contributed by atoms with Crippen molar-refractivity contribution in [3.05, 3.63) is 29.8 Å². The molecular formula is C20H30N4O7. The number of aliphatic carboxylic acids is 1. The Balaban J connectivity index is 2.84. The Morgan fingerprint density at radius 1 is 0.935 bits per heavy atom. The summed E-state index contributed by atoms with van der Waals surface area (Å²) in [6, 6.07) is 2.09. The second-order valence-corrected chi connectivity index (χ2v) is 7.47. The molecule has 0 spiro atoms. The van der Waals surface area contributed by atoms with Gasteiger partial charge in [-0.1, -0.05) is 26.0 Å². The summed E-state index contributed by atoms with van der Waals surface area (Å²) >= 11 is 0. The van der Waals surface area contributed by atoms with Crippen molar-refractivity contribution in [1.82, 2.24) is 16.0 Å². The predicted octanol–water partition coefficient (Wildman–Crippen LogP) is -1.53. The average molecular weight is 438 g/mol. The van der Waals surface area contributed by atoms with Crippen molar-refractivity contribution < 1.29 is 34.5 Å². The first-order chi connectivity index (χ1) is 14.6. The van der Waals surface area contributed by atoms with Crippen LogP contribution in [-0.2, 0) is 25.6 Å². The highest BCUT2D eigenvalue weighted by molar-refractivity contribution is 5.93. The zero-order valence-corrected chi connectivity index (χ0v) is 17.5. The highest BCUT2D eigenvalue weighted by Crippen LogP contribution is 2.12. The van der Waals surface area contributed by atoms with Crippen LogP contribution < -0.4 is 21.7 Å². The number of phenols is 1. The number of benzene rings is 1. The van der Waals surface area contributed by atoms with Gasteiger partial charge in [0.05, 0.1) is 13.2 Å². The van der Waals surface area contributed by atoms with Crippen molar-refractivity contribution in [3.8, 4) is 5.75 Å². The maximum Gasteiger partial charge on any atom is 0.326 e. The highest BCUT2D eigenvalue weighted by Gasteiger charge is 2.29. The Labute approximate surface area is 180 Å². The number of aliphatic hydroxyl groups excluding tert-OH is 1. The van der Waals surface area contributed by atoms with E-state index in [-0.39, 0.29) is 31.1 Å². The van der Waals surface area contributed by atoms with E-state index in [1.165, 1.54) is 24.3 Å². The van der Waals surface area contributed by atoms with Gasteiger partial charge in [-0.3, -0.25) is 14.4 Å². The van der Waals surface area contributed by atoms with Crippen molar-refractivity contribution >= 4 is 23.7 Å². The summed E-state index contributed by atoms with van der Waals surface area (Å²) in [6.45, 7) is 2.59. The molecular weight excluding hydrogens is 408 g/mol. The first-order valence-corrected chi connectivity index (χ1v) is 9.79. The normalized spacial score (nSPS) is 13.7. The van der Waals surface area contributed by atoms with Crippen LogP contribution in [0.15, 0.2) is 24.3 Å². The monoisotopic (exact) mass is 438 g/mol. The molecule has 1 aromatic carbocycles. The number of aromatic hydroxyl groups is 1. The molecule has 1 aromatic rings. The van der Waals surface area contributed by atoms with Gasteiger partial charge in [0.25, 0.3) is 0 Å². The van der Waals surface area contributed by atoms with Crippen LogP contribution in [0.4, 0.5) is 0 Å². The largest absolute Gasteiger partial charge is 0.508 e. The summed E-state index contributed by atoms with van der Waals surface area (Å²) in [5.41, 5.74) is 5.82. The van der Waals surface area contributed by atoms with Crippen molar-refractivity contribution in [3.63, 3.8) is 0 Å². The maximum atomic E-state index is 12.5. The van der Waals surface area contributed by atoms with Gasteiger partial charge in [0.1, 0.15) is 23.9 Å². The average Bonchev–Trinajstić information content (AvgIpc) is 2.71. The number of carboxylic acid groups (broad SMARTS) is 1. The molecule has 0 radical (unpaired) electrons. The number of rotatable bonds is 12. The lowest BCUT2D eigenvalue weighted by Gasteiger charge is -2.24. The summed E-state index contributed by atoms with van der Waals surface area (Å²) in [5.74, 6) is -3.40. The third-order valence-corrected chi connectivity index (χ3v) is 4.35. The Kier molecular flexibility index (Phi) is 10.4. The minimum Gasteiger partial charge on any atom is -0.508 e. The molecule has 0 bridgehead atoms. The highest BCUT2D eigenvalue weighted by atomic mass is 16.4. The van der Waals surface area contributed by atoms with E-state index < -0.39 is 48.4 Å². The van der Waals surface area contributed by atoms with E-state index in [4.69, 9.17) is 5.73 Å². The van der Waals surface area contributed by atoms with Crippen LogP contribution in [0.2, 0.25) is 0 Å². The zero-order valence-electron chi connectivity index (χ0n) is 17.5. The van der Waals surface area contributed by atoms with Crippen molar-refractivity contribution in [2.75, 3.05) is 13.2 Å². The van der Waals surface area contributed by atoms with Gasteiger partial charge in [-0.05, 0) is 30.0 Å². The van der Waals surface area contributed by atoms with Crippen LogP contribution >= 0.6 is 0 Å². The van der Waals surface area contributed by atoms with E-state index in [9.17, 15) is 34.5 Å². The van der Waals surface area contributed by atoms with Gasteiger partial charge < -0.3 is 37.0 Å². The Hall–Kier alpha value is -3.18. The number of carboxylic acids is 1. The molecule has 0 saturated heterocycles. The first kappa shape index (κ1) is 25.9. The topological polar surface area (TPSA) is 191 Å². The number of carbonyl (C=O) groups excluding carboxylic acids is 3. The van der Waals surface area contributed by atoms with Gasteiger partial charge in [-0.2, -0.15) is 0 Å². The second kappa shape index (κ2) is 12.5. The van der Waals surface area contributed by atoms with Crippen molar-refractivity contribution in [2.45, 2.75) is 44.8 Å². The van der Waals surface area contributed by atoms with Gasteiger partial charge >= 0.3 is 5.97 Å². The molecule has 3 atom stereocenters. The summed E-state index contributed by atoms with van der Waals surface area (Å²) in [6.07, 6.45) is 0.200. The first-order valence-electron chi connectivity index (χ1n) is 9.79. The molecule has 0 fully saturated rings. The molecule has 11 heteroatoms.